The van der Waals surface area contributed by atoms with Crippen molar-refractivity contribution in [2.24, 2.45) is 5.73 Å². The first-order valence-corrected chi connectivity index (χ1v) is 9.15. The van der Waals surface area contributed by atoms with Crippen LogP contribution >= 0.6 is 27.3 Å². The Kier molecular flexibility index (Phi) is 4.85. The van der Waals surface area contributed by atoms with E-state index in [9.17, 15) is 8.42 Å². The van der Waals surface area contributed by atoms with E-state index in [1.165, 1.54) is 11.3 Å². The smallest absolute Gasteiger partial charge is 0.271 e. The summed E-state index contributed by atoms with van der Waals surface area (Å²) in [5.41, 5.74) is 7.06. The fourth-order valence-corrected chi connectivity index (χ4v) is 4.51. The zero-order valence-corrected chi connectivity index (χ0v) is 14.1. The van der Waals surface area contributed by atoms with Crippen LogP contribution in [0.15, 0.2) is 39.0 Å². The van der Waals surface area contributed by atoms with E-state index in [4.69, 9.17) is 5.73 Å². The number of hydrogen-bond donors (Lipinski definition) is 2. The number of anilines is 1. The van der Waals surface area contributed by atoms with Crippen molar-refractivity contribution in [3.05, 3.63) is 45.2 Å². The number of thiophene rings is 1. The lowest BCUT2D eigenvalue weighted by Crippen LogP contribution is -2.12. The van der Waals surface area contributed by atoms with Crippen molar-refractivity contribution in [3.63, 3.8) is 0 Å². The lowest BCUT2D eigenvalue weighted by atomic mass is 10.1. The van der Waals surface area contributed by atoms with Crippen LogP contribution in [0.5, 0.6) is 0 Å². The zero-order valence-electron chi connectivity index (χ0n) is 10.9. The predicted octanol–water partition coefficient (Wildman–Crippen LogP) is 3.33. The fourth-order valence-electron chi connectivity index (χ4n) is 1.76. The molecule has 1 heterocycles. The number of halogens is 1. The molecule has 4 nitrogen and oxygen atoms in total. The van der Waals surface area contributed by atoms with Crippen LogP contribution in [0.4, 0.5) is 5.69 Å². The molecule has 108 valence electrons. The van der Waals surface area contributed by atoms with Gasteiger partial charge in [0.05, 0.1) is 5.69 Å². The van der Waals surface area contributed by atoms with E-state index in [2.05, 4.69) is 20.7 Å². The summed E-state index contributed by atoms with van der Waals surface area (Å²) in [5.74, 6) is 0. The van der Waals surface area contributed by atoms with Crippen molar-refractivity contribution in [3.8, 4) is 0 Å². The summed E-state index contributed by atoms with van der Waals surface area (Å²) in [6.45, 7) is 2.33. The minimum Gasteiger partial charge on any atom is -0.326 e. The van der Waals surface area contributed by atoms with Gasteiger partial charge >= 0.3 is 0 Å². The zero-order chi connectivity index (χ0) is 14.8. The summed E-state index contributed by atoms with van der Waals surface area (Å²) < 4.78 is 28.5. The summed E-state index contributed by atoms with van der Waals surface area (Å²) >= 11 is 4.58. The van der Waals surface area contributed by atoms with Gasteiger partial charge in [-0.15, -0.1) is 11.3 Å². The Bertz CT molecular complexity index is 711. The van der Waals surface area contributed by atoms with Crippen LogP contribution in [0.2, 0.25) is 0 Å². The molecule has 1 aromatic carbocycles. The molecule has 0 aliphatic heterocycles. The minimum absolute atomic E-state index is 0.280. The molecule has 2 rings (SSSR count). The van der Waals surface area contributed by atoms with Gasteiger partial charge in [-0.25, -0.2) is 8.42 Å². The molecule has 0 amide bonds. The third kappa shape index (κ3) is 3.41. The maximum absolute atomic E-state index is 12.3. The number of rotatable bonds is 5. The Morgan fingerprint density at radius 3 is 2.65 bits per heavy atom. The number of nitrogens with one attached hydrogen (secondary N) is 1. The van der Waals surface area contributed by atoms with Gasteiger partial charge in [0.2, 0.25) is 0 Å². The van der Waals surface area contributed by atoms with Gasteiger partial charge in [0.15, 0.2) is 0 Å². The highest BCUT2D eigenvalue weighted by Crippen LogP contribution is 2.27. The Morgan fingerprint density at radius 1 is 1.30 bits per heavy atom. The average Bonchev–Trinajstić information content (AvgIpc) is 2.90. The second-order valence-electron chi connectivity index (χ2n) is 4.19. The highest BCUT2D eigenvalue weighted by molar-refractivity contribution is 9.10. The Hall–Kier alpha value is -0.890. The molecule has 0 fully saturated rings. The molecular weight excluding hydrogens is 360 g/mol. The highest BCUT2D eigenvalue weighted by atomic mass is 79.9. The van der Waals surface area contributed by atoms with Crippen molar-refractivity contribution in [1.82, 2.24) is 0 Å². The molecule has 0 spiro atoms. The Balaban J connectivity index is 2.33. The standard InChI is InChI=1S/C13H15BrN2O2S2/c1-2-9-7-10(14)3-5-12(9)16-20(17,18)13-6-4-11(8-15)19-13/h3-7,16H,2,8,15H2,1H3. The molecule has 0 aliphatic rings. The van der Waals surface area contributed by atoms with Crippen molar-refractivity contribution < 1.29 is 8.42 Å². The van der Waals surface area contributed by atoms with E-state index in [-0.39, 0.29) is 4.21 Å². The summed E-state index contributed by atoms with van der Waals surface area (Å²) in [6.07, 6.45) is 0.746. The third-order valence-electron chi connectivity index (χ3n) is 2.80. The van der Waals surface area contributed by atoms with E-state index >= 15 is 0 Å². The van der Waals surface area contributed by atoms with Crippen molar-refractivity contribution in [2.45, 2.75) is 24.1 Å². The van der Waals surface area contributed by atoms with Gasteiger partial charge in [-0.1, -0.05) is 22.9 Å². The molecule has 1 aromatic heterocycles. The second-order valence-corrected chi connectivity index (χ2v) is 8.18. The van der Waals surface area contributed by atoms with E-state index < -0.39 is 10.0 Å². The van der Waals surface area contributed by atoms with Crippen LogP contribution in [-0.4, -0.2) is 8.42 Å². The Labute approximate surface area is 131 Å². The second kappa shape index (κ2) is 6.26. The van der Waals surface area contributed by atoms with E-state index in [1.54, 1.807) is 18.2 Å². The molecule has 0 aliphatic carbocycles. The molecular formula is C13H15BrN2O2S2. The molecule has 0 bridgehead atoms. The predicted molar refractivity (Wildman–Crippen MR) is 86.5 cm³/mol. The van der Waals surface area contributed by atoms with Crippen molar-refractivity contribution >= 4 is 43.0 Å². The molecule has 0 radical (unpaired) electrons. The van der Waals surface area contributed by atoms with Crippen molar-refractivity contribution in [1.29, 1.82) is 0 Å². The van der Waals surface area contributed by atoms with Gasteiger partial charge in [0.1, 0.15) is 4.21 Å². The van der Waals surface area contributed by atoms with Crippen LogP contribution in [0, 0.1) is 0 Å². The van der Waals surface area contributed by atoms with E-state index in [0.29, 0.717) is 12.2 Å². The van der Waals surface area contributed by atoms with Crippen molar-refractivity contribution in [2.75, 3.05) is 4.72 Å². The van der Waals surface area contributed by atoms with Gasteiger partial charge in [0, 0.05) is 15.9 Å². The van der Waals surface area contributed by atoms with Gasteiger partial charge in [-0.05, 0) is 42.3 Å². The maximum Gasteiger partial charge on any atom is 0.271 e. The van der Waals surface area contributed by atoms with Crippen LogP contribution in [0.1, 0.15) is 17.4 Å². The van der Waals surface area contributed by atoms with Gasteiger partial charge in [0.25, 0.3) is 10.0 Å². The molecule has 0 saturated heterocycles. The maximum atomic E-state index is 12.3. The molecule has 7 heteroatoms. The minimum atomic E-state index is -3.55. The SMILES string of the molecule is CCc1cc(Br)ccc1NS(=O)(=O)c1ccc(CN)s1. The van der Waals surface area contributed by atoms with Crippen LogP contribution in [-0.2, 0) is 23.0 Å². The molecule has 2 aromatic rings. The molecule has 20 heavy (non-hydrogen) atoms. The van der Waals surface area contributed by atoms with Crippen LogP contribution < -0.4 is 10.5 Å². The largest absolute Gasteiger partial charge is 0.326 e. The number of aryl methyl sites for hydroxylation is 1. The molecule has 0 saturated carbocycles. The van der Waals surface area contributed by atoms with Gasteiger partial charge < -0.3 is 5.73 Å². The number of hydrogen-bond acceptors (Lipinski definition) is 4. The van der Waals surface area contributed by atoms with Gasteiger partial charge in [-0.2, -0.15) is 0 Å². The number of sulfonamides is 1. The van der Waals surface area contributed by atoms with E-state index in [0.717, 1.165) is 21.3 Å². The first-order chi connectivity index (χ1) is 9.46. The van der Waals surface area contributed by atoms with Gasteiger partial charge in [-0.3, -0.25) is 4.72 Å². The summed E-state index contributed by atoms with van der Waals surface area (Å²) in [5, 5.41) is 0. The highest BCUT2D eigenvalue weighted by Gasteiger charge is 2.18. The third-order valence-corrected chi connectivity index (χ3v) is 6.25. The molecule has 0 unspecified atom stereocenters. The lowest BCUT2D eigenvalue weighted by Gasteiger charge is -2.11. The summed E-state index contributed by atoms with van der Waals surface area (Å²) in [6, 6.07) is 8.81. The number of benzene rings is 1. The molecule has 0 atom stereocenters. The summed E-state index contributed by atoms with van der Waals surface area (Å²) in [7, 11) is -3.55. The first-order valence-electron chi connectivity index (χ1n) is 6.06. The first kappa shape index (κ1) is 15.5. The van der Waals surface area contributed by atoms with Crippen LogP contribution in [0.25, 0.3) is 0 Å². The normalized spacial score (nSPS) is 11.6. The molecule has 3 N–H and O–H groups in total. The lowest BCUT2D eigenvalue weighted by molar-refractivity contribution is 0.603. The van der Waals surface area contributed by atoms with Crippen LogP contribution in [0.3, 0.4) is 0 Å². The Morgan fingerprint density at radius 2 is 2.05 bits per heavy atom. The monoisotopic (exact) mass is 374 g/mol. The quantitative estimate of drug-likeness (QED) is 0.842. The fraction of sp³-hybridized carbons (Fsp3) is 0.231. The summed E-state index contributed by atoms with van der Waals surface area (Å²) in [4.78, 5) is 0.844. The van der Waals surface area contributed by atoms with E-state index in [1.807, 2.05) is 19.1 Å². The topological polar surface area (TPSA) is 72.2 Å². The average molecular weight is 375 g/mol. The number of nitrogens with two attached hydrogens (primary N) is 1.